The SMILES string of the molecule is Cc1cc(C)c(C)c(Oc2ccc(C#N)c(Br)c2F)c1. The lowest BCUT2D eigenvalue weighted by molar-refractivity contribution is 0.437. The topological polar surface area (TPSA) is 33.0 Å². The quantitative estimate of drug-likeness (QED) is 0.758. The van der Waals surface area contributed by atoms with Crippen LogP contribution >= 0.6 is 15.9 Å². The predicted octanol–water partition coefficient (Wildman–Crippen LogP) is 5.18. The fourth-order valence-corrected chi connectivity index (χ4v) is 2.34. The summed E-state index contributed by atoms with van der Waals surface area (Å²) in [5.41, 5.74) is 3.35. The molecule has 0 saturated carbocycles. The Morgan fingerprint density at radius 3 is 2.50 bits per heavy atom. The second-order valence-electron chi connectivity index (χ2n) is 4.66. The van der Waals surface area contributed by atoms with Gasteiger partial charge in [-0.25, -0.2) is 4.39 Å². The van der Waals surface area contributed by atoms with Crippen molar-refractivity contribution in [3.63, 3.8) is 0 Å². The summed E-state index contributed by atoms with van der Waals surface area (Å²) in [6.07, 6.45) is 0. The molecule has 0 radical (unpaired) electrons. The summed E-state index contributed by atoms with van der Waals surface area (Å²) < 4.78 is 19.9. The van der Waals surface area contributed by atoms with Crippen molar-refractivity contribution < 1.29 is 9.13 Å². The second-order valence-corrected chi connectivity index (χ2v) is 5.45. The molecule has 20 heavy (non-hydrogen) atoms. The molecular formula is C16H13BrFNO. The zero-order valence-corrected chi connectivity index (χ0v) is 13.0. The van der Waals surface area contributed by atoms with Gasteiger partial charge in [-0.3, -0.25) is 0 Å². The number of ether oxygens (including phenoxy) is 1. The number of hydrogen-bond acceptors (Lipinski definition) is 2. The lowest BCUT2D eigenvalue weighted by atomic mass is 10.1. The molecule has 0 spiro atoms. The lowest BCUT2D eigenvalue weighted by Crippen LogP contribution is -1.95. The van der Waals surface area contributed by atoms with Gasteiger partial charge >= 0.3 is 0 Å². The van der Waals surface area contributed by atoms with Crippen LogP contribution in [-0.2, 0) is 0 Å². The van der Waals surface area contributed by atoms with Crippen LogP contribution in [0.5, 0.6) is 11.5 Å². The first-order valence-electron chi connectivity index (χ1n) is 6.08. The highest BCUT2D eigenvalue weighted by atomic mass is 79.9. The molecule has 2 aromatic rings. The van der Waals surface area contributed by atoms with E-state index in [1.54, 1.807) is 0 Å². The summed E-state index contributed by atoms with van der Waals surface area (Å²) in [5, 5.41) is 8.85. The first-order valence-corrected chi connectivity index (χ1v) is 6.87. The zero-order chi connectivity index (χ0) is 14.9. The normalized spacial score (nSPS) is 10.2. The molecule has 0 atom stereocenters. The highest BCUT2D eigenvalue weighted by Crippen LogP contribution is 2.34. The van der Waals surface area contributed by atoms with Crippen molar-refractivity contribution in [2.45, 2.75) is 20.8 Å². The molecule has 0 aliphatic carbocycles. The molecule has 0 aliphatic rings. The van der Waals surface area contributed by atoms with E-state index in [9.17, 15) is 4.39 Å². The first-order chi connectivity index (χ1) is 9.43. The Morgan fingerprint density at radius 1 is 1.15 bits per heavy atom. The Bertz CT molecular complexity index is 719. The third kappa shape index (κ3) is 2.68. The summed E-state index contributed by atoms with van der Waals surface area (Å²) in [6.45, 7) is 5.88. The van der Waals surface area contributed by atoms with E-state index in [0.717, 1.165) is 16.7 Å². The van der Waals surface area contributed by atoms with Crippen LogP contribution in [0, 0.1) is 37.9 Å². The van der Waals surface area contributed by atoms with Gasteiger partial charge in [0.05, 0.1) is 10.0 Å². The minimum atomic E-state index is -0.567. The summed E-state index contributed by atoms with van der Waals surface area (Å²) in [6, 6.07) is 8.83. The third-order valence-corrected chi connectivity index (χ3v) is 3.93. The van der Waals surface area contributed by atoms with Crippen LogP contribution in [0.1, 0.15) is 22.3 Å². The lowest BCUT2D eigenvalue weighted by Gasteiger charge is -2.13. The number of hydrogen-bond donors (Lipinski definition) is 0. The maximum atomic E-state index is 14.1. The summed E-state index contributed by atoms with van der Waals surface area (Å²) in [5.74, 6) is 0.157. The van der Waals surface area contributed by atoms with E-state index in [4.69, 9.17) is 10.00 Å². The van der Waals surface area contributed by atoms with Crippen LogP contribution in [0.15, 0.2) is 28.7 Å². The summed E-state index contributed by atoms with van der Waals surface area (Å²) in [4.78, 5) is 0. The van der Waals surface area contributed by atoms with E-state index in [2.05, 4.69) is 15.9 Å². The largest absolute Gasteiger partial charge is 0.454 e. The van der Waals surface area contributed by atoms with E-state index in [1.807, 2.05) is 39.0 Å². The Hall–Kier alpha value is -1.86. The molecule has 0 N–H and O–H groups in total. The molecule has 4 heteroatoms. The van der Waals surface area contributed by atoms with Crippen LogP contribution < -0.4 is 4.74 Å². The number of nitriles is 1. The minimum Gasteiger partial charge on any atom is -0.454 e. The average Bonchev–Trinajstić information content (AvgIpc) is 2.41. The summed E-state index contributed by atoms with van der Waals surface area (Å²) >= 11 is 3.07. The Balaban J connectivity index is 2.46. The highest BCUT2D eigenvalue weighted by molar-refractivity contribution is 9.10. The molecule has 0 amide bonds. The van der Waals surface area contributed by atoms with E-state index < -0.39 is 5.82 Å². The van der Waals surface area contributed by atoms with Crippen LogP contribution in [0.2, 0.25) is 0 Å². The smallest absolute Gasteiger partial charge is 0.181 e. The molecule has 2 nitrogen and oxygen atoms in total. The van der Waals surface area contributed by atoms with Crippen molar-refractivity contribution in [1.82, 2.24) is 0 Å². The van der Waals surface area contributed by atoms with Gasteiger partial charge in [0.2, 0.25) is 0 Å². The first kappa shape index (κ1) is 14.5. The number of halogens is 2. The van der Waals surface area contributed by atoms with E-state index in [1.165, 1.54) is 12.1 Å². The van der Waals surface area contributed by atoms with Crippen LogP contribution in [-0.4, -0.2) is 0 Å². The maximum absolute atomic E-state index is 14.1. The van der Waals surface area contributed by atoms with Crippen molar-refractivity contribution in [1.29, 1.82) is 5.26 Å². The molecule has 2 rings (SSSR count). The fraction of sp³-hybridized carbons (Fsp3) is 0.188. The van der Waals surface area contributed by atoms with Crippen LogP contribution in [0.25, 0.3) is 0 Å². The van der Waals surface area contributed by atoms with Crippen molar-refractivity contribution in [3.05, 3.63) is 56.8 Å². The van der Waals surface area contributed by atoms with Gasteiger partial charge in [0.1, 0.15) is 11.8 Å². The summed E-state index contributed by atoms with van der Waals surface area (Å²) in [7, 11) is 0. The van der Waals surface area contributed by atoms with Gasteiger partial charge in [-0.1, -0.05) is 6.07 Å². The molecule has 0 fully saturated rings. The molecule has 0 bridgehead atoms. The standard InChI is InChI=1S/C16H13BrFNO/c1-9-6-10(2)11(3)14(7-9)20-13-5-4-12(8-19)15(17)16(13)18/h4-7H,1-3H3. The van der Waals surface area contributed by atoms with Crippen molar-refractivity contribution in [2.75, 3.05) is 0 Å². The Labute approximate surface area is 125 Å². The number of rotatable bonds is 2. The minimum absolute atomic E-state index is 0.101. The van der Waals surface area contributed by atoms with Gasteiger partial charge in [0, 0.05) is 0 Å². The van der Waals surface area contributed by atoms with Gasteiger partial charge in [-0.05, 0) is 71.6 Å². The fourth-order valence-electron chi connectivity index (χ4n) is 1.92. The second kappa shape index (κ2) is 5.64. The van der Waals surface area contributed by atoms with Crippen molar-refractivity contribution in [2.24, 2.45) is 0 Å². The number of nitrogens with zero attached hydrogens (tertiary/aromatic N) is 1. The van der Waals surface area contributed by atoms with Gasteiger partial charge in [0.25, 0.3) is 0 Å². The van der Waals surface area contributed by atoms with E-state index in [-0.39, 0.29) is 15.8 Å². The molecule has 0 heterocycles. The maximum Gasteiger partial charge on any atom is 0.181 e. The van der Waals surface area contributed by atoms with Crippen LogP contribution in [0.3, 0.4) is 0 Å². The molecular weight excluding hydrogens is 321 g/mol. The van der Waals surface area contributed by atoms with Gasteiger partial charge in [-0.15, -0.1) is 0 Å². The zero-order valence-electron chi connectivity index (χ0n) is 11.4. The van der Waals surface area contributed by atoms with Gasteiger partial charge in [-0.2, -0.15) is 5.26 Å². The van der Waals surface area contributed by atoms with E-state index in [0.29, 0.717) is 5.75 Å². The Morgan fingerprint density at radius 2 is 1.85 bits per heavy atom. The highest BCUT2D eigenvalue weighted by Gasteiger charge is 2.14. The third-order valence-electron chi connectivity index (χ3n) is 3.15. The average molecular weight is 334 g/mol. The molecule has 0 aromatic heterocycles. The van der Waals surface area contributed by atoms with Crippen molar-refractivity contribution in [3.8, 4) is 17.6 Å². The van der Waals surface area contributed by atoms with Gasteiger partial charge in [0.15, 0.2) is 11.6 Å². The molecule has 102 valence electrons. The van der Waals surface area contributed by atoms with E-state index >= 15 is 0 Å². The molecule has 0 saturated heterocycles. The Kier molecular flexibility index (Phi) is 4.10. The van der Waals surface area contributed by atoms with Gasteiger partial charge < -0.3 is 4.74 Å². The number of benzene rings is 2. The molecule has 2 aromatic carbocycles. The molecule has 0 aliphatic heterocycles. The van der Waals surface area contributed by atoms with Crippen LogP contribution in [0.4, 0.5) is 4.39 Å². The number of aryl methyl sites for hydroxylation is 2. The monoisotopic (exact) mass is 333 g/mol. The predicted molar refractivity (Wildman–Crippen MR) is 79.5 cm³/mol. The molecule has 0 unspecified atom stereocenters. The van der Waals surface area contributed by atoms with Crippen molar-refractivity contribution >= 4 is 15.9 Å².